The van der Waals surface area contributed by atoms with Crippen LogP contribution in [-0.2, 0) is 4.79 Å². The zero-order valence-corrected chi connectivity index (χ0v) is 15.3. The normalized spacial score (nSPS) is 18.6. The number of halogens is 1. The SMILES string of the molecule is Cc1cnc(Nc2ccc(F)c(N)c2)nc1N1CCC2(CCNC2=O)CC1. The summed E-state index contributed by atoms with van der Waals surface area (Å²) in [6, 6.07) is 4.42. The monoisotopic (exact) mass is 370 g/mol. The third-order valence-corrected chi connectivity index (χ3v) is 5.59. The van der Waals surface area contributed by atoms with E-state index in [0.29, 0.717) is 11.6 Å². The molecule has 1 aromatic carbocycles. The highest BCUT2D eigenvalue weighted by molar-refractivity contribution is 5.85. The van der Waals surface area contributed by atoms with Gasteiger partial charge in [-0.1, -0.05) is 0 Å². The molecule has 0 bridgehead atoms. The van der Waals surface area contributed by atoms with Gasteiger partial charge in [-0.2, -0.15) is 4.98 Å². The van der Waals surface area contributed by atoms with Crippen molar-refractivity contribution in [1.29, 1.82) is 0 Å². The molecule has 0 unspecified atom stereocenters. The molecule has 2 aliphatic rings. The Kier molecular flexibility index (Phi) is 4.33. The summed E-state index contributed by atoms with van der Waals surface area (Å²) >= 11 is 0. The van der Waals surface area contributed by atoms with Gasteiger partial charge in [-0.25, -0.2) is 9.37 Å². The second-order valence-electron chi connectivity index (χ2n) is 7.33. The Morgan fingerprint density at radius 2 is 2.07 bits per heavy atom. The molecule has 1 amide bonds. The Morgan fingerprint density at radius 3 is 2.74 bits per heavy atom. The maximum absolute atomic E-state index is 13.3. The van der Waals surface area contributed by atoms with E-state index in [9.17, 15) is 9.18 Å². The van der Waals surface area contributed by atoms with Gasteiger partial charge in [0.05, 0.1) is 11.1 Å². The standard InChI is InChI=1S/C19H23FN6O/c1-12-11-23-18(24-13-2-3-14(20)15(21)10-13)25-16(12)26-8-5-19(6-9-26)4-7-22-17(19)27/h2-3,10-11H,4-9,21H2,1H3,(H,22,27)(H,23,24,25). The first-order valence-electron chi connectivity index (χ1n) is 9.16. The van der Waals surface area contributed by atoms with E-state index in [1.165, 1.54) is 12.1 Å². The molecule has 142 valence electrons. The first-order chi connectivity index (χ1) is 13.0. The maximum Gasteiger partial charge on any atom is 0.229 e. The minimum Gasteiger partial charge on any atom is -0.396 e. The quantitative estimate of drug-likeness (QED) is 0.718. The molecule has 7 nitrogen and oxygen atoms in total. The number of benzene rings is 1. The van der Waals surface area contributed by atoms with Gasteiger partial charge in [0.2, 0.25) is 11.9 Å². The first kappa shape index (κ1) is 17.5. The van der Waals surface area contributed by atoms with Crippen LogP contribution in [0.3, 0.4) is 0 Å². The number of amides is 1. The number of aromatic nitrogens is 2. The highest BCUT2D eigenvalue weighted by Gasteiger charge is 2.44. The molecule has 4 N–H and O–H groups in total. The fourth-order valence-corrected chi connectivity index (χ4v) is 3.90. The number of rotatable bonds is 3. The number of carbonyl (C=O) groups is 1. The van der Waals surface area contributed by atoms with Crippen LogP contribution in [0.1, 0.15) is 24.8 Å². The number of nitrogen functional groups attached to an aromatic ring is 1. The van der Waals surface area contributed by atoms with Gasteiger partial charge in [0, 0.05) is 37.1 Å². The summed E-state index contributed by atoms with van der Waals surface area (Å²) < 4.78 is 13.3. The van der Waals surface area contributed by atoms with Gasteiger partial charge in [0.25, 0.3) is 0 Å². The van der Waals surface area contributed by atoms with Gasteiger partial charge < -0.3 is 21.3 Å². The van der Waals surface area contributed by atoms with E-state index < -0.39 is 5.82 Å². The van der Waals surface area contributed by atoms with Crippen LogP contribution in [0, 0.1) is 18.2 Å². The van der Waals surface area contributed by atoms with Crippen molar-refractivity contribution in [2.75, 3.05) is 35.6 Å². The van der Waals surface area contributed by atoms with Crippen molar-refractivity contribution in [2.24, 2.45) is 5.41 Å². The molecule has 2 aromatic rings. The van der Waals surface area contributed by atoms with Gasteiger partial charge in [0.1, 0.15) is 11.6 Å². The number of nitrogens with zero attached hydrogens (tertiary/aromatic N) is 3. The molecule has 2 aliphatic heterocycles. The summed E-state index contributed by atoms with van der Waals surface area (Å²) in [7, 11) is 0. The van der Waals surface area contributed by atoms with Crippen LogP contribution in [0.25, 0.3) is 0 Å². The third-order valence-electron chi connectivity index (χ3n) is 5.59. The van der Waals surface area contributed by atoms with Gasteiger partial charge in [0.15, 0.2) is 0 Å². The number of nitrogens with two attached hydrogens (primary N) is 1. The van der Waals surface area contributed by atoms with Gasteiger partial charge >= 0.3 is 0 Å². The summed E-state index contributed by atoms with van der Waals surface area (Å²) in [4.78, 5) is 23.3. The van der Waals surface area contributed by atoms with Crippen molar-refractivity contribution in [1.82, 2.24) is 15.3 Å². The van der Waals surface area contributed by atoms with Crippen LogP contribution in [0.2, 0.25) is 0 Å². The van der Waals surface area contributed by atoms with Crippen LogP contribution in [0.5, 0.6) is 0 Å². The van der Waals surface area contributed by atoms with Crippen LogP contribution >= 0.6 is 0 Å². The summed E-state index contributed by atoms with van der Waals surface area (Å²) in [5.74, 6) is 1.03. The third kappa shape index (κ3) is 3.27. The van der Waals surface area contributed by atoms with Gasteiger partial charge in [-0.05, 0) is 44.4 Å². The molecule has 8 heteroatoms. The number of aryl methyl sites for hydroxylation is 1. The zero-order chi connectivity index (χ0) is 19.0. The topological polar surface area (TPSA) is 96.2 Å². The van der Waals surface area contributed by atoms with E-state index in [4.69, 9.17) is 5.73 Å². The molecule has 3 heterocycles. The lowest BCUT2D eigenvalue weighted by Gasteiger charge is -2.38. The summed E-state index contributed by atoms with van der Waals surface area (Å²) in [5, 5.41) is 6.04. The molecule has 0 radical (unpaired) electrons. The van der Waals surface area contributed by atoms with E-state index in [0.717, 1.165) is 50.3 Å². The predicted octanol–water partition coefficient (Wildman–Crippen LogP) is 2.36. The number of carbonyl (C=O) groups excluding carboxylic acids is 1. The molecule has 0 saturated carbocycles. The number of hydrogen-bond acceptors (Lipinski definition) is 6. The fraction of sp³-hybridized carbons (Fsp3) is 0.421. The van der Waals surface area contributed by atoms with Gasteiger partial charge in [-0.15, -0.1) is 0 Å². The maximum atomic E-state index is 13.3. The fourth-order valence-electron chi connectivity index (χ4n) is 3.90. The molecule has 4 rings (SSSR count). The van der Waals surface area contributed by atoms with E-state index >= 15 is 0 Å². The average molecular weight is 370 g/mol. The molecule has 2 fully saturated rings. The second kappa shape index (κ2) is 6.68. The molecule has 27 heavy (non-hydrogen) atoms. The minimum absolute atomic E-state index is 0.0727. The van der Waals surface area contributed by atoms with Crippen molar-refractivity contribution >= 4 is 29.0 Å². The van der Waals surface area contributed by atoms with Crippen LogP contribution in [0.15, 0.2) is 24.4 Å². The Morgan fingerprint density at radius 1 is 1.30 bits per heavy atom. The number of hydrogen-bond donors (Lipinski definition) is 3. The lowest BCUT2D eigenvalue weighted by atomic mass is 9.77. The smallest absolute Gasteiger partial charge is 0.229 e. The minimum atomic E-state index is -0.454. The van der Waals surface area contributed by atoms with Crippen LogP contribution in [-0.4, -0.2) is 35.5 Å². The summed E-state index contributed by atoms with van der Waals surface area (Å²) in [6.45, 7) is 4.32. The highest BCUT2D eigenvalue weighted by Crippen LogP contribution is 2.39. The van der Waals surface area contributed by atoms with Crippen LogP contribution < -0.4 is 21.3 Å². The van der Waals surface area contributed by atoms with Gasteiger partial charge in [-0.3, -0.25) is 4.79 Å². The van der Waals surface area contributed by atoms with E-state index in [2.05, 4.69) is 25.5 Å². The van der Waals surface area contributed by atoms with Crippen molar-refractivity contribution in [3.8, 4) is 0 Å². The molecule has 1 aromatic heterocycles. The highest BCUT2D eigenvalue weighted by atomic mass is 19.1. The van der Waals surface area contributed by atoms with Crippen molar-refractivity contribution < 1.29 is 9.18 Å². The molecule has 0 aliphatic carbocycles. The van der Waals surface area contributed by atoms with E-state index in [1.54, 1.807) is 12.3 Å². The average Bonchev–Trinajstić information content (AvgIpc) is 3.01. The van der Waals surface area contributed by atoms with Crippen molar-refractivity contribution in [3.63, 3.8) is 0 Å². The molecular formula is C19H23FN6O. The van der Waals surface area contributed by atoms with Crippen molar-refractivity contribution in [3.05, 3.63) is 35.8 Å². The Balaban J connectivity index is 1.51. The zero-order valence-electron chi connectivity index (χ0n) is 15.3. The Hall–Kier alpha value is -2.90. The molecular weight excluding hydrogens is 347 g/mol. The second-order valence-corrected chi connectivity index (χ2v) is 7.33. The van der Waals surface area contributed by atoms with Crippen LogP contribution in [0.4, 0.5) is 27.5 Å². The number of piperidine rings is 1. The lowest BCUT2D eigenvalue weighted by molar-refractivity contribution is -0.128. The number of nitrogens with one attached hydrogen (secondary N) is 2. The molecule has 1 spiro atoms. The lowest BCUT2D eigenvalue weighted by Crippen LogP contribution is -2.44. The Bertz CT molecular complexity index is 878. The Labute approximate surface area is 157 Å². The predicted molar refractivity (Wildman–Crippen MR) is 102 cm³/mol. The van der Waals surface area contributed by atoms with Crippen molar-refractivity contribution in [2.45, 2.75) is 26.2 Å². The number of anilines is 4. The molecule has 0 atom stereocenters. The molecule has 2 saturated heterocycles. The summed E-state index contributed by atoms with van der Waals surface area (Å²) in [6.07, 6.45) is 4.35. The van der Waals surface area contributed by atoms with E-state index in [1.807, 2.05) is 6.92 Å². The summed E-state index contributed by atoms with van der Waals surface area (Å²) in [5.41, 5.74) is 7.09. The first-order valence-corrected chi connectivity index (χ1v) is 9.16. The largest absolute Gasteiger partial charge is 0.396 e. The van der Waals surface area contributed by atoms with E-state index in [-0.39, 0.29) is 17.0 Å².